The highest BCUT2D eigenvalue weighted by Crippen LogP contribution is 2.30. The average Bonchev–Trinajstić information content (AvgIpc) is 2.92. The summed E-state index contributed by atoms with van der Waals surface area (Å²) in [7, 11) is 0. The summed E-state index contributed by atoms with van der Waals surface area (Å²) < 4.78 is 0.989. The third-order valence-electron chi connectivity index (χ3n) is 3.30. The first-order chi connectivity index (χ1) is 10.7. The maximum absolute atomic E-state index is 12.1. The normalized spacial score (nSPS) is 10.6. The summed E-state index contributed by atoms with van der Waals surface area (Å²) in [6.07, 6.45) is 0.357. The van der Waals surface area contributed by atoms with Crippen LogP contribution < -0.4 is 16.6 Å². The number of hydrazine groups is 1. The standard InChI is InChI=1S/C16H16N4OS/c1-10-7-12(9-13-15(10)19-16(20-17)22-13)18-14(21)8-11-5-3-2-4-6-11/h2-7,9H,8,17H2,1H3,(H,18,21)(H,19,20). The number of nitrogens with one attached hydrogen (secondary N) is 2. The van der Waals surface area contributed by atoms with Gasteiger partial charge in [-0.05, 0) is 30.2 Å². The number of fused-ring (bicyclic) bond motifs is 1. The molecule has 5 nitrogen and oxygen atoms in total. The number of nitrogens with zero attached hydrogens (tertiary/aromatic N) is 1. The van der Waals surface area contributed by atoms with E-state index in [-0.39, 0.29) is 5.91 Å². The van der Waals surface area contributed by atoms with Gasteiger partial charge in [0.25, 0.3) is 0 Å². The van der Waals surface area contributed by atoms with Gasteiger partial charge < -0.3 is 5.32 Å². The number of carbonyl (C=O) groups is 1. The maximum atomic E-state index is 12.1. The Labute approximate surface area is 132 Å². The van der Waals surface area contributed by atoms with Crippen molar-refractivity contribution in [3.05, 3.63) is 53.6 Å². The smallest absolute Gasteiger partial charge is 0.228 e. The third kappa shape index (κ3) is 3.08. The topological polar surface area (TPSA) is 80.0 Å². The molecule has 0 spiro atoms. The Morgan fingerprint density at radius 1 is 1.27 bits per heavy atom. The maximum Gasteiger partial charge on any atom is 0.228 e. The second-order valence-electron chi connectivity index (χ2n) is 5.01. The molecule has 0 fully saturated rings. The molecule has 1 amide bonds. The highest BCUT2D eigenvalue weighted by molar-refractivity contribution is 7.22. The number of hydrogen-bond donors (Lipinski definition) is 3. The quantitative estimate of drug-likeness (QED) is 0.511. The fraction of sp³-hybridized carbons (Fsp3) is 0.125. The van der Waals surface area contributed by atoms with Crippen molar-refractivity contribution in [3.63, 3.8) is 0 Å². The zero-order valence-corrected chi connectivity index (χ0v) is 12.9. The van der Waals surface area contributed by atoms with E-state index >= 15 is 0 Å². The summed E-state index contributed by atoms with van der Waals surface area (Å²) in [6, 6.07) is 13.5. The number of nitrogen functional groups attached to an aromatic ring is 1. The molecular formula is C16H16N4OS. The van der Waals surface area contributed by atoms with Gasteiger partial charge in [-0.25, -0.2) is 10.8 Å². The van der Waals surface area contributed by atoms with E-state index in [2.05, 4.69) is 15.7 Å². The summed E-state index contributed by atoms with van der Waals surface area (Å²) in [5.41, 5.74) is 6.23. The number of carbonyl (C=O) groups excluding carboxylic acids is 1. The Kier molecular flexibility index (Phi) is 4.04. The minimum atomic E-state index is -0.0355. The van der Waals surface area contributed by atoms with Crippen LogP contribution in [0.4, 0.5) is 10.8 Å². The molecule has 1 heterocycles. The Morgan fingerprint density at radius 3 is 2.77 bits per heavy atom. The summed E-state index contributed by atoms with van der Waals surface area (Å²) in [4.78, 5) is 16.5. The second-order valence-corrected chi connectivity index (χ2v) is 6.04. The van der Waals surface area contributed by atoms with Crippen LogP contribution in [0, 0.1) is 6.92 Å². The van der Waals surface area contributed by atoms with Crippen LogP contribution in [-0.4, -0.2) is 10.9 Å². The van der Waals surface area contributed by atoms with Crippen molar-refractivity contribution in [1.29, 1.82) is 0 Å². The molecule has 0 atom stereocenters. The Hall–Kier alpha value is -2.44. The Balaban J connectivity index is 1.80. The van der Waals surface area contributed by atoms with Crippen molar-refractivity contribution in [1.82, 2.24) is 4.98 Å². The molecule has 6 heteroatoms. The molecule has 2 aromatic carbocycles. The number of benzene rings is 2. The molecule has 4 N–H and O–H groups in total. The van der Waals surface area contributed by atoms with Gasteiger partial charge in [-0.15, -0.1) is 0 Å². The van der Waals surface area contributed by atoms with Crippen molar-refractivity contribution in [3.8, 4) is 0 Å². The molecule has 1 aromatic heterocycles. The number of aryl methyl sites for hydroxylation is 1. The highest BCUT2D eigenvalue weighted by Gasteiger charge is 2.09. The van der Waals surface area contributed by atoms with Gasteiger partial charge in [-0.1, -0.05) is 41.7 Å². The van der Waals surface area contributed by atoms with E-state index in [0.717, 1.165) is 27.0 Å². The summed E-state index contributed by atoms with van der Waals surface area (Å²) >= 11 is 1.46. The largest absolute Gasteiger partial charge is 0.326 e. The van der Waals surface area contributed by atoms with E-state index in [9.17, 15) is 4.79 Å². The second kappa shape index (κ2) is 6.13. The average molecular weight is 312 g/mol. The van der Waals surface area contributed by atoms with Gasteiger partial charge in [-0.2, -0.15) is 0 Å². The molecule has 0 aliphatic rings. The van der Waals surface area contributed by atoms with Gasteiger partial charge in [0, 0.05) is 5.69 Å². The molecule has 0 aliphatic heterocycles. The van der Waals surface area contributed by atoms with Gasteiger partial charge in [0.2, 0.25) is 5.91 Å². The number of aromatic nitrogens is 1. The molecule has 0 saturated heterocycles. The van der Waals surface area contributed by atoms with Crippen LogP contribution in [-0.2, 0) is 11.2 Å². The van der Waals surface area contributed by atoms with E-state index in [4.69, 9.17) is 5.84 Å². The molecule has 112 valence electrons. The molecule has 3 rings (SSSR count). The number of hydrogen-bond acceptors (Lipinski definition) is 5. The Bertz CT molecular complexity index is 814. The number of anilines is 2. The molecule has 22 heavy (non-hydrogen) atoms. The van der Waals surface area contributed by atoms with Crippen molar-refractivity contribution in [2.45, 2.75) is 13.3 Å². The van der Waals surface area contributed by atoms with E-state index in [0.29, 0.717) is 11.6 Å². The molecule has 3 aromatic rings. The predicted octanol–water partition coefficient (Wildman–Crippen LogP) is 3.07. The van der Waals surface area contributed by atoms with E-state index in [1.165, 1.54) is 11.3 Å². The van der Waals surface area contributed by atoms with Crippen molar-refractivity contribution >= 4 is 38.3 Å². The summed E-state index contributed by atoms with van der Waals surface area (Å²) in [5, 5.41) is 3.60. The minimum absolute atomic E-state index is 0.0355. The van der Waals surface area contributed by atoms with Crippen LogP contribution in [0.2, 0.25) is 0 Å². The van der Waals surface area contributed by atoms with Crippen LogP contribution in [0.5, 0.6) is 0 Å². The van der Waals surface area contributed by atoms with Crippen LogP contribution >= 0.6 is 11.3 Å². The lowest BCUT2D eigenvalue weighted by Gasteiger charge is -2.06. The highest BCUT2D eigenvalue weighted by atomic mass is 32.1. The first kappa shape index (κ1) is 14.5. The molecule has 0 unspecified atom stereocenters. The SMILES string of the molecule is Cc1cc(NC(=O)Cc2ccccc2)cc2sc(NN)nc12. The first-order valence-electron chi connectivity index (χ1n) is 6.87. The van der Waals surface area contributed by atoms with Gasteiger partial charge in [-0.3, -0.25) is 10.2 Å². The summed E-state index contributed by atoms with van der Waals surface area (Å²) in [5.74, 6) is 5.36. The van der Waals surface area contributed by atoms with Gasteiger partial charge in [0.1, 0.15) is 0 Å². The van der Waals surface area contributed by atoms with Crippen LogP contribution in [0.15, 0.2) is 42.5 Å². The van der Waals surface area contributed by atoms with Crippen LogP contribution in [0.25, 0.3) is 10.2 Å². The molecular weight excluding hydrogens is 296 g/mol. The lowest BCUT2D eigenvalue weighted by Crippen LogP contribution is -2.14. The van der Waals surface area contributed by atoms with E-state index < -0.39 is 0 Å². The van der Waals surface area contributed by atoms with Gasteiger partial charge in [0.05, 0.1) is 16.6 Å². The van der Waals surface area contributed by atoms with Crippen molar-refractivity contribution in [2.24, 2.45) is 5.84 Å². The molecule has 0 saturated carbocycles. The predicted molar refractivity (Wildman–Crippen MR) is 90.9 cm³/mol. The zero-order valence-electron chi connectivity index (χ0n) is 12.1. The first-order valence-corrected chi connectivity index (χ1v) is 7.69. The van der Waals surface area contributed by atoms with Crippen LogP contribution in [0.3, 0.4) is 0 Å². The van der Waals surface area contributed by atoms with Gasteiger partial charge >= 0.3 is 0 Å². The van der Waals surface area contributed by atoms with Crippen molar-refractivity contribution < 1.29 is 4.79 Å². The lowest BCUT2D eigenvalue weighted by atomic mass is 10.1. The monoisotopic (exact) mass is 312 g/mol. The fourth-order valence-electron chi connectivity index (χ4n) is 2.32. The number of amides is 1. The minimum Gasteiger partial charge on any atom is -0.326 e. The molecule has 0 radical (unpaired) electrons. The number of rotatable bonds is 4. The fourth-order valence-corrected chi connectivity index (χ4v) is 3.21. The Morgan fingerprint density at radius 2 is 2.05 bits per heavy atom. The van der Waals surface area contributed by atoms with Gasteiger partial charge in [0.15, 0.2) is 5.13 Å². The summed E-state index contributed by atoms with van der Waals surface area (Å²) in [6.45, 7) is 1.97. The zero-order chi connectivity index (χ0) is 15.5. The van der Waals surface area contributed by atoms with E-state index in [1.54, 1.807) is 0 Å². The third-order valence-corrected chi connectivity index (χ3v) is 4.23. The van der Waals surface area contributed by atoms with E-state index in [1.807, 2.05) is 49.4 Å². The number of thiazole rings is 1. The lowest BCUT2D eigenvalue weighted by molar-refractivity contribution is -0.115. The molecule has 0 aliphatic carbocycles. The van der Waals surface area contributed by atoms with Crippen molar-refractivity contribution in [2.75, 3.05) is 10.7 Å². The molecule has 0 bridgehead atoms. The van der Waals surface area contributed by atoms with Crippen LogP contribution in [0.1, 0.15) is 11.1 Å². The number of nitrogens with two attached hydrogens (primary N) is 1.